The Bertz CT molecular complexity index is 1300. The number of aromatic amines is 1. The summed E-state index contributed by atoms with van der Waals surface area (Å²) < 4.78 is 6.08. The topological polar surface area (TPSA) is 120 Å². The molecule has 7 atom stereocenters. The molecule has 1 aromatic carbocycles. The molecule has 6 rings (SSSR count). The maximum absolute atomic E-state index is 13.5. The Hall–Kier alpha value is -2.37. The SMILES string of the molecule is COc1cc(C2c3sc(=S)[nH]c3SC3C4CC(C5C(=O)N(CCCC(=O)O)C(=O)C45)C23)ccc1O. The third-order valence-electron chi connectivity index (χ3n) is 8.15. The Balaban J connectivity index is 1.39. The fourth-order valence-corrected chi connectivity index (χ4v) is 10.3. The first-order valence-corrected chi connectivity index (χ1v) is 13.7. The molecule has 184 valence electrons. The number of aromatic nitrogens is 1. The van der Waals surface area contributed by atoms with Crippen LogP contribution in [0.1, 0.15) is 35.6 Å². The largest absolute Gasteiger partial charge is 0.504 e. The van der Waals surface area contributed by atoms with Crippen molar-refractivity contribution in [3.8, 4) is 11.5 Å². The number of carboxylic acid groups (broad SMARTS) is 1. The summed E-state index contributed by atoms with van der Waals surface area (Å²) in [5.41, 5.74) is 1.00. The van der Waals surface area contributed by atoms with Crippen LogP contribution >= 0.6 is 35.3 Å². The van der Waals surface area contributed by atoms with E-state index in [1.165, 1.54) is 12.0 Å². The van der Waals surface area contributed by atoms with E-state index in [2.05, 4.69) is 4.98 Å². The zero-order chi connectivity index (χ0) is 24.6. The average molecular weight is 533 g/mol. The summed E-state index contributed by atoms with van der Waals surface area (Å²) in [6.07, 6.45) is 1.04. The van der Waals surface area contributed by atoms with Gasteiger partial charge < -0.3 is 19.9 Å². The average Bonchev–Trinajstić information content (AvgIpc) is 3.54. The summed E-state index contributed by atoms with van der Waals surface area (Å²) >= 11 is 8.77. The minimum atomic E-state index is -0.928. The zero-order valence-electron chi connectivity index (χ0n) is 18.8. The molecule has 3 N–H and O–H groups in total. The van der Waals surface area contributed by atoms with Gasteiger partial charge in [-0.2, -0.15) is 0 Å². The van der Waals surface area contributed by atoms with Crippen LogP contribution in [0.25, 0.3) is 0 Å². The summed E-state index contributed by atoms with van der Waals surface area (Å²) in [5, 5.41) is 20.3. The number of phenolic OH excluding ortho intramolecular Hbond substituents is 1. The molecule has 0 spiro atoms. The third-order valence-corrected chi connectivity index (χ3v) is 11.1. The number of likely N-dealkylation sites (tertiary alicyclic amines) is 1. The van der Waals surface area contributed by atoms with E-state index in [-0.39, 0.29) is 77.7 Å². The van der Waals surface area contributed by atoms with Gasteiger partial charge in [0.25, 0.3) is 0 Å². The van der Waals surface area contributed by atoms with E-state index >= 15 is 0 Å². The van der Waals surface area contributed by atoms with Crippen molar-refractivity contribution in [3.63, 3.8) is 0 Å². The summed E-state index contributed by atoms with van der Waals surface area (Å²) in [5.74, 6) is -1.17. The van der Waals surface area contributed by atoms with Crippen molar-refractivity contribution in [2.75, 3.05) is 13.7 Å². The molecule has 35 heavy (non-hydrogen) atoms. The van der Waals surface area contributed by atoms with Crippen LogP contribution in [-0.4, -0.2) is 56.8 Å². The Labute approximate surface area is 214 Å². The number of hydrogen-bond donors (Lipinski definition) is 3. The highest BCUT2D eigenvalue weighted by atomic mass is 32.2. The lowest BCUT2D eigenvalue weighted by atomic mass is 9.68. The second-order valence-corrected chi connectivity index (χ2v) is 12.6. The lowest BCUT2D eigenvalue weighted by Gasteiger charge is -2.43. The molecule has 2 aliphatic carbocycles. The molecule has 3 fully saturated rings. The summed E-state index contributed by atoms with van der Waals surface area (Å²) in [4.78, 5) is 43.5. The van der Waals surface area contributed by atoms with Gasteiger partial charge >= 0.3 is 5.97 Å². The molecule has 11 heteroatoms. The number of aliphatic carboxylic acids is 1. The third kappa shape index (κ3) is 3.38. The number of imide groups is 1. The normalized spacial score (nSPS) is 32.5. The van der Waals surface area contributed by atoms with Crippen LogP contribution in [0.3, 0.4) is 0 Å². The van der Waals surface area contributed by atoms with Gasteiger partial charge in [0.1, 0.15) is 0 Å². The van der Waals surface area contributed by atoms with Crippen molar-refractivity contribution in [2.45, 2.75) is 35.5 Å². The van der Waals surface area contributed by atoms with Crippen LogP contribution in [0.15, 0.2) is 23.2 Å². The highest BCUT2D eigenvalue weighted by Crippen LogP contribution is 2.68. The van der Waals surface area contributed by atoms with Gasteiger partial charge in [0, 0.05) is 29.0 Å². The number of thioether (sulfide) groups is 1. The standard InChI is InChI=1S/C24H24N2O6S3/c1-32-13-7-9(4-5-12(13)27)15-16-10-8-11(19(16)34-21-20(15)35-24(33)25-21)18-17(10)22(30)26(23(18)31)6-2-3-14(28)29/h4-5,7,10-11,15-19,27H,2-3,6,8H2,1H3,(H,25,33)(H,28,29). The van der Waals surface area contributed by atoms with Crippen molar-refractivity contribution in [2.24, 2.45) is 29.6 Å². The van der Waals surface area contributed by atoms with Gasteiger partial charge in [-0.1, -0.05) is 6.07 Å². The molecule has 2 aromatic rings. The Kier molecular flexibility index (Phi) is 5.50. The minimum absolute atomic E-state index is 0.0244. The number of ether oxygens (including phenoxy) is 1. The highest BCUT2D eigenvalue weighted by molar-refractivity contribution is 8.00. The Morgan fingerprint density at radius 3 is 2.71 bits per heavy atom. The molecule has 0 radical (unpaired) electrons. The molecule has 4 aliphatic rings. The molecule has 2 aliphatic heterocycles. The summed E-state index contributed by atoms with van der Waals surface area (Å²) in [6, 6.07) is 5.41. The van der Waals surface area contributed by atoms with E-state index in [1.54, 1.807) is 29.2 Å². The Morgan fingerprint density at radius 2 is 2.00 bits per heavy atom. The molecular weight excluding hydrogens is 508 g/mol. The second-order valence-electron chi connectivity index (χ2n) is 9.72. The van der Waals surface area contributed by atoms with E-state index < -0.39 is 5.97 Å². The smallest absolute Gasteiger partial charge is 0.303 e. The number of nitrogens with zero attached hydrogens (tertiary/aromatic N) is 1. The van der Waals surface area contributed by atoms with E-state index in [0.29, 0.717) is 9.70 Å². The summed E-state index contributed by atoms with van der Waals surface area (Å²) in [6.45, 7) is 0.165. The fraction of sp³-hybridized carbons (Fsp3) is 0.500. The Morgan fingerprint density at radius 1 is 1.26 bits per heavy atom. The summed E-state index contributed by atoms with van der Waals surface area (Å²) in [7, 11) is 1.52. The fourth-order valence-electron chi connectivity index (χ4n) is 6.95. The maximum Gasteiger partial charge on any atom is 0.303 e. The first-order valence-electron chi connectivity index (χ1n) is 11.6. The number of H-pyrrole nitrogens is 1. The van der Waals surface area contributed by atoms with Gasteiger partial charge in [-0.3, -0.25) is 19.3 Å². The van der Waals surface area contributed by atoms with Crippen LogP contribution in [0.2, 0.25) is 0 Å². The highest BCUT2D eigenvalue weighted by Gasteiger charge is 2.69. The van der Waals surface area contributed by atoms with Crippen molar-refractivity contribution < 1.29 is 29.3 Å². The van der Waals surface area contributed by atoms with Gasteiger partial charge in [-0.05, 0) is 60.5 Å². The molecule has 1 aromatic heterocycles. The van der Waals surface area contributed by atoms with Crippen molar-refractivity contribution in [1.29, 1.82) is 0 Å². The number of methoxy groups -OCH3 is 1. The van der Waals surface area contributed by atoms with Crippen LogP contribution in [0.4, 0.5) is 0 Å². The van der Waals surface area contributed by atoms with Gasteiger partial charge in [-0.15, -0.1) is 23.1 Å². The van der Waals surface area contributed by atoms with Crippen LogP contribution in [0, 0.1) is 33.5 Å². The van der Waals surface area contributed by atoms with Crippen LogP contribution in [0.5, 0.6) is 11.5 Å². The number of phenols is 1. The first kappa shape index (κ1) is 23.1. The van der Waals surface area contributed by atoms with Crippen molar-refractivity contribution in [3.05, 3.63) is 32.6 Å². The predicted molar refractivity (Wildman–Crippen MR) is 131 cm³/mol. The lowest BCUT2D eigenvalue weighted by Crippen LogP contribution is -2.42. The molecule has 8 nitrogen and oxygen atoms in total. The minimum Gasteiger partial charge on any atom is -0.504 e. The van der Waals surface area contributed by atoms with Crippen LogP contribution in [-0.2, 0) is 14.4 Å². The number of benzene rings is 1. The molecule has 3 heterocycles. The van der Waals surface area contributed by atoms with E-state index in [9.17, 15) is 19.5 Å². The molecule has 2 amide bonds. The first-order chi connectivity index (χ1) is 16.8. The number of nitrogens with one attached hydrogen (secondary N) is 1. The van der Waals surface area contributed by atoms with Crippen molar-refractivity contribution >= 4 is 53.1 Å². The molecule has 2 saturated carbocycles. The van der Waals surface area contributed by atoms with E-state index in [4.69, 9.17) is 22.1 Å². The molecule has 1 saturated heterocycles. The number of carbonyl (C=O) groups excluding carboxylic acids is 2. The van der Waals surface area contributed by atoms with Gasteiger partial charge in [0.15, 0.2) is 15.5 Å². The number of carboxylic acids is 1. The van der Waals surface area contributed by atoms with Gasteiger partial charge in [-0.25, -0.2) is 0 Å². The predicted octanol–water partition coefficient (Wildman–Crippen LogP) is 3.86. The second kappa shape index (κ2) is 8.35. The lowest BCUT2D eigenvalue weighted by molar-refractivity contribution is -0.142. The molecular formula is C24H24N2O6S3. The maximum atomic E-state index is 13.5. The van der Waals surface area contributed by atoms with Crippen LogP contribution < -0.4 is 4.74 Å². The number of fused-ring (bicyclic) bond motifs is 9. The van der Waals surface area contributed by atoms with Gasteiger partial charge in [0.05, 0.1) is 24.0 Å². The number of amides is 2. The zero-order valence-corrected chi connectivity index (χ0v) is 21.3. The number of aromatic hydroxyl groups is 1. The van der Waals surface area contributed by atoms with E-state index in [1.807, 2.05) is 12.1 Å². The molecule has 7 unspecified atom stereocenters. The van der Waals surface area contributed by atoms with Gasteiger partial charge in [0.2, 0.25) is 11.8 Å². The number of hydrogen-bond acceptors (Lipinski definition) is 8. The van der Waals surface area contributed by atoms with Crippen molar-refractivity contribution in [1.82, 2.24) is 9.88 Å². The number of carbonyl (C=O) groups is 3. The number of thiazole rings is 1. The number of rotatable bonds is 6. The van der Waals surface area contributed by atoms with E-state index in [0.717, 1.165) is 21.9 Å². The quantitative estimate of drug-likeness (QED) is 0.379. The molecule has 2 bridgehead atoms. The monoisotopic (exact) mass is 532 g/mol.